The number of aromatic nitrogens is 1. The number of carbonyl (C=O) groups excluding carboxylic acids is 1. The van der Waals surface area contributed by atoms with Crippen LogP contribution < -0.4 is 4.90 Å². The van der Waals surface area contributed by atoms with Crippen molar-refractivity contribution in [3.8, 4) is 6.07 Å². The van der Waals surface area contributed by atoms with E-state index in [1.54, 1.807) is 35.5 Å². The summed E-state index contributed by atoms with van der Waals surface area (Å²) in [6.45, 7) is 2.28. The quantitative estimate of drug-likeness (QED) is 0.625. The Hall–Kier alpha value is -3.47. The fourth-order valence-electron chi connectivity index (χ4n) is 2.81. The van der Waals surface area contributed by atoms with Gasteiger partial charge in [0.25, 0.3) is 11.6 Å². The van der Waals surface area contributed by atoms with E-state index in [2.05, 4.69) is 4.98 Å². The van der Waals surface area contributed by atoms with Gasteiger partial charge in [0.2, 0.25) is 0 Å². The van der Waals surface area contributed by atoms with Crippen molar-refractivity contribution in [1.82, 2.24) is 9.88 Å². The number of hydrogen-bond donors (Lipinski definition) is 0. The first-order valence-electron chi connectivity index (χ1n) is 7.73. The predicted molar refractivity (Wildman–Crippen MR) is 90.2 cm³/mol. The number of nitro benzene ring substituents is 1. The molecule has 0 atom stereocenters. The number of anilines is 1. The molecular weight excluding hydrogens is 322 g/mol. The highest BCUT2D eigenvalue weighted by atomic mass is 16.6. The van der Waals surface area contributed by atoms with Gasteiger partial charge in [-0.2, -0.15) is 5.26 Å². The van der Waals surface area contributed by atoms with E-state index in [1.807, 2.05) is 11.0 Å². The summed E-state index contributed by atoms with van der Waals surface area (Å²) in [5.74, 6) is -0.0385. The summed E-state index contributed by atoms with van der Waals surface area (Å²) in [5, 5.41) is 20.0. The third-order valence-electron chi connectivity index (χ3n) is 4.16. The molecule has 1 fully saturated rings. The molecule has 1 aromatic carbocycles. The SMILES string of the molecule is N#Cc1cc(N2CCN(C(=O)c3ccncc3)CC2)ccc1[N+](=O)[O-]. The average Bonchev–Trinajstić information content (AvgIpc) is 2.67. The summed E-state index contributed by atoms with van der Waals surface area (Å²) in [4.78, 5) is 30.5. The number of nitro groups is 1. The zero-order valence-electron chi connectivity index (χ0n) is 13.3. The van der Waals surface area contributed by atoms with Gasteiger partial charge in [0.05, 0.1) is 4.92 Å². The average molecular weight is 337 g/mol. The minimum Gasteiger partial charge on any atom is -0.368 e. The molecule has 0 radical (unpaired) electrons. The molecule has 0 bridgehead atoms. The summed E-state index contributed by atoms with van der Waals surface area (Å²) in [5.41, 5.74) is 1.19. The number of rotatable bonds is 3. The summed E-state index contributed by atoms with van der Waals surface area (Å²) < 4.78 is 0. The van der Waals surface area contributed by atoms with Crippen LogP contribution in [0, 0.1) is 21.4 Å². The maximum atomic E-state index is 12.4. The monoisotopic (exact) mass is 337 g/mol. The molecule has 126 valence electrons. The van der Waals surface area contributed by atoms with Crippen LogP contribution in [-0.2, 0) is 0 Å². The Kier molecular flexibility index (Phi) is 4.57. The highest BCUT2D eigenvalue weighted by Crippen LogP contribution is 2.25. The van der Waals surface area contributed by atoms with Crippen molar-refractivity contribution in [3.05, 3.63) is 64.0 Å². The van der Waals surface area contributed by atoms with Crippen molar-refractivity contribution >= 4 is 17.3 Å². The standard InChI is InChI=1S/C17H15N5O3/c18-12-14-11-15(1-2-16(14)22(24)25)20-7-9-21(10-8-20)17(23)13-3-5-19-6-4-13/h1-6,11H,7-10H2. The molecular formula is C17H15N5O3. The summed E-state index contributed by atoms with van der Waals surface area (Å²) in [6, 6.07) is 9.75. The fraction of sp³-hybridized carbons (Fsp3) is 0.235. The van der Waals surface area contributed by atoms with Crippen LogP contribution in [0.25, 0.3) is 0 Å². The first kappa shape index (κ1) is 16.4. The van der Waals surface area contributed by atoms with Gasteiger partial charge < -0.3 is 9.80 Å². The summed E-state index contributed by atoms with van der Waals surface area (Å²) >= 11 is 0. The highest BCUT2D eigenvalue weighted by molar-refractivity contribution is 5.94. The molecule has 8 heteroatoms. The van der Waals surface area contributed by atoms with E-state index < -0.39 is 4.92 Å². The van der Waals surface area contributed by atoms with Crippen LogP contribution in [0.3, 0.4) is 0 Å². The Balaban J connectivity index is 1.69. The van der Waals surface area contributed by atoms with Crippen molar-refractivity contribution < 1.29 is 9.72 Å². The Labute approximate surface area is 144 Å². The second-order valence-electron chi connectivity index (χ2n) is 5.59. The maximum absolute atomic E-state index is 12.4. The largest absolute Gasteiger partial charge is 0.368 e. The first-order chi connectivity index (χ1) is 12.1. The smallest absolute Gasteiger partial charge is 0.287 e. The lowest BCUT2D eigenvalue weighted by molar-refractivity contribution is -0.385. The van der Waals surface area contributed by atoms with Gasteiger partial charge in [-0.3, -0.25) is 19.9 Å². The number of piperazine rings is 1. The summed E-state index contributed by atoms with van der Waals surface area (Å²) in [7, 11) is 0. The Morgan fingerprint density at radius 3 is 2.44 bits per heavy atom. The lowest BCUT2D eigenvalue weighted by atomic mass is 10.1. The number of carbonyl (C=O) groups is 1. The van der Waals surface area contributed by atoms with Crippen LogP contribution in [-0.4, -0.2) is 46.9 Å². The molecule has 0 N–H and O–H groups in total. The maximum Gasteiger partial charge on any atom is 0.287 e. The van der Waals surface area contributed by atoms with E-state index in [0.29, 0.717) is 31.7 Å². The molecule has 1 amide bonds. The van der Waals surface area contributed by atoms with Crippen LogP contribution in [0.15, 0.2) is 42.7 Å². The zero-order valence-corrected chi connectivity index (χ0v) is 13.3. The van der Waals surface area contributed by atoms with E-state index in [4.69, 9.17) is 5.26 Å². The molecule has 1 aliphatic rings. The summed E-state index contributed by atoms with van der Waals surface area (Å²) in [6.07, 6.45) is 3.17. The minimum absolute atomic E-state index is 0.0385. The van der Waals surface area contributed by atoms with E-state index in [1.165, 1.54) is 12.1 Å². The molecule has 2 aromatic rings. The van der Waals surface area contributed by atoms with Gasteiger partial charge in [-0.1, -0.05) is 0 Å². The van der Waals surface area contributed by atoms with Gasteiger partial charge >= 0.3 is 0 Å². The molecule has 1 aliphatic heterocycles. The van der Waals surface area contributed by atoms with Gasteiger partial charge in [-0.05, 0) is 24.3 Å². The van der Waals surface area contributed by atoms with Crippen LogP contribution in [0.5, 0.6) is 0 Å². The number of benzene rings is 1. The van der Waals surface area contributed by atoms with Gasteiger partial charge in [-0.25, -0.2) is 0 Å². The second kappa shape index (κ2) is 6.97. The van der Waals surface area contributed by atoms with Crippen molar-refractivity contribution in [2.75, 3.05) is 31.1 Å². The van der Waals surface area contributed by atoms with E-state index in [9.17, 15) is 14.9 Å². The highest BCUT2D eigenvalue weighted by Gasteiger charge is 2.23. The van der Waals surface area contributed by atoms with Crippen LogP contribution >= 0.6 is 0 Å². The van der Waals surface area contributed by atoms with E-state index >= 15 is 0 Å². The van der Waals surface area contributed by atoms with Crippen molar-refractivity contribution in [2.45, 2.75) is 0 Å². The molecule has 2 heterocycles. The molecule has 1 saturated heterocycles. The number of amides is 1. The van der Waals surface area contributed by atoms with Gasteiger partial charge in [-0.15, -0.1) is 0 Å². The Bertz CT molecular complexity index is 839. The number of pyridine rings is 1. The molecule has 25 heavy (non-hydrogen) atoms. The molecule has 3 rings (SSSR count). The zero-order chi connectivity index (χ0) is 17.8. The lowest BCUT2D eigenvalue weighted by Crippen LogP contribution is -2.48. The Morgan fingerprint density at radius 1 is 1.16 bits per heavy atom. The van der Waals surface area contributed by atoms with Crippen molar-refractivity contribution in [1.29, 1.82) is 5.26 Å². The van der Waals surface area contributed by atoms with Gasteiger partial charge in [0.15, 0.2) is 0 Å². The van der Waals surface area contributed by atoms with E-state index in [0.717, 1.165) is 5.69 Å². The third kappa shape index (κ3) is 3.40. The minimum atomic E-state index is -0.562. The van der Waals surface area contributed by atoms with Crippen molar-refractivity contribution in [3.63, 3.8) is 0 Å². The lowest BCUT2D eigenvalue weighted by Gasteiger charge is -2.36. The number of hydrogen-bond acceptors (Lipinski definition) is 6. The van der Waals surface area contributed by atoms with Crippen LogP contribution in [0.4, 0.5) is 11.4 Å². The van der Waals surface area contributed by atoms with Crippen LogP contribution in [0.2, 0.25) is 0 Å². The normalized spacial score (nSPS) is 14.0. The second-order valence-corrected chi connectivity index (χ2v) is 5.59. The van der Waals surface area contributed by atoms with Crippen LogP contribution in [0.1, 0.15) is 15.9 Å². The molecule has 8 nitrogen and oxygen atoms in total. The van der Waals surface area contributed by atoms with E-state index in [-0.39, 0.29) is 17.2 Å². The Morgan fingerprint density at radius 2 is 1.84 bits per heavy atom. The molecule has 0 saturated carbocycles. The number of nitrogens with zero attached hydrogens (tertiary/aromatic N) is 5. The predicted octanol–water partition coefficient (Wildman–Crippen LogP) is 1.82. The number of nitriles is 1. The fourth-order valence-corrected chi connectivity index (χ4v) is 2.81. The van der Waals surface area contributed by atoms with Gasteiger partial charge in [0, 0.05) is 55.9 Å². The van der Waals surface area contributed by atoms with Gasteiger partial charge in [0.1, 0.15) is 11.6 Å². The molecule has 0 aliphatic carbocycles. The first-order valence-corrected chi connectivity index (χ1v) is 7.73. The molecule has 1 aromatic heterocycles. The molecule has 0 unspecified atom stereocenters. The van der Waals surface area contributed by atoms with Crippen molar-refractivity contribution in [2.24, 2.45) is 0 Å². The third-order valence-corrected chi connectivity index (χ3v) is 4.16. The molecule has 0 spiro atoms. The topological polar surface area (TPSA) is 103 Å².